The van der Waals surface area contributed by atoms with Gasteiger partial charge in [0.25, 0.3) is 5.91 Å². The SMILES string of the molecule is COC(=O)c1nc(NC(=O)[C@@H](c2ccccc2)n2cnnn2)sc1C(C)C. The van der Waals surface area contributed by atoms with Crippen molar-refractivity contribution in [1.29, 1.82) is 0 Å². The van der Waals surface area contributed by atoms with E-state index in [1.807, 2.05) is 44.2 Å². The van der Waals surface area contributed by atoms with E-state index in [9.17, 15) is 9.59 Å². The van der Waals surface area contributed by atoms with E-state index in [1.165, 1.54) is 29.5 Å². The molecule has 2 heterocycles. The van der Waals surface area contributed by atoms with E-state index in [0.29, 0.717) is 5.13 Å². The quantitative estimate of drug-likeness (QED) is 0.647. The summed E-state index contributed by atoms with van der Waals surface area (Å²) in [5.74, 6) is -0.837. The van der Waals surface area contributed by atoms with E-state index >= 15 is 0 Å². The Morgan fingerprint density at radius 2 is 1.96 bits per heavy atom. The summed E-state index contributed by atoms with van der Waals surface area (Å²) in [4.78, 5) is 29.9. The van der Waals surface area contributed by atoms with Gasteiger partial charge in [-0.15, -0.1) is 16.4 Å². The minimum Gasteiger partial charge on any atom is -0.464 e. The lowest BCUT2D eigenvalue weighted by molar-refractivity contribution is -0.118. The van der Waals surface area contributed by atoms with E-state index in [-0.39, 0.29) is 17.5 Å². The van der Waals surface area contributed by atoms with Crippen LogP contribution in [0, 0.1) is 0 Å². The van der Waals surface area contributed by atoms with E-state index < -0.39 is 12.0 Å². The number of carbonyl (C=O) groups is 2. The first-order chi connectivity index (χ1) is 13.0. The van der Waals surface area contributed by atoms with Gasteiger partial charge in [0.2, 0.25) is 0 Å². The van der Waals surface area contributed by atoms with Crippen LogP contribution in [0.25, 0.3) is 0 Å². The normalized spacial score (nSPS) is 12.0. The predicted molar refractivity (Wildman–Crippen MR) is 98.6 cm³/mol. The molecule has 3 rings (SSSR count). The number of methoxy groups -OCH3 is 1. The zero-order valence-electron chi connectivity index (χ0n) is 15.0. The van der Waals surface area contributed by atoms with E-state index in [0.717, 1.165) is 10.4 Å². The largest absolute Gasteiger partial charge is 0.464 e. The van der Waals surface area contributed by atoms with Crippen LogP contribution in [0.2, 0.25) is 0 Å². The summed E-state index contributed by atoms with van der Waals surface area (Å²) in [5, 5.41) is 14.2. The Bertz CT molecular complexity index is 924. The molecule has 0 unspecified atom stereocenters. The third-order valence-electron chi connectivity index (χ3n) is 3.78. The first-order valence-electron chi connectivity index (χ1n) is 8.18. The summed E-state index contributed by atoms with van der Waals surface area (Å²) in [7, 11) is 1.30. The van der Waals surface area contributed by atoms with Gasteiger partial charge in [0.1, 0.15) is 6.33 Å². The zero-order valence-corrected chi connectivity index (χ0v) is 15.8. The van der Waals surface area contributed by atoms with Crippen LogP contribution in [0.15, 0.2) is 36.7 Å². The summed E-state index contributed by atoms with van der Waals surface area (Å²) >= 11 is 1.24. The molecule has 0 saturated carbocycles. The van der Waals surface area contributed by atoms with Gasteiger partial charge in [0.15, 0.2) is 16.9 Å². The van der Waals surface area contributed by atoms with Gasteiger partial charge in [-0.05, 0) is 21.9 Å². The lowest BCUT2D eigenvalue weighted by Gasteiger charge is -2.15. The van der Waals surface area contributed by atoms with Crippen LogP contribution in [0.1, 0.15) is 46.7 Å². The lowest BCUT2D eigenvalue weighted by Crippen LogP contribution is -2.27. The van der Waals surface area contributed by atoms with Gasteiger partial charge < -0.3 is 4.74 Å². The monoisotopic (exact) mass is 386 g/mol. The number of amides is 1. The van der Waals surface area contributed by atoms with Gasteiger partial charge >= 0.3 is 5.97 Å². The van der Waals surface area contributed by atoms with Crippen molar-refractivity contribution in [3.05, 3.63) is 52.8 Å². The molecule has 1 atom stereocenters. The van der Waals surface area contributed by atoms with E-state index in [4.69, 9.17) is 4.74 Å². The number of hydrogen-bond donors (Lipinski definition) is 1. The number of aromatic nitrogens is 5. The van der Waals surface area contributed by atoms with Gasteiger partial charge in [0.05, 0.1) is 7.11 Å². The standard InChI is InChI=1S/C17H18N6O3S/c1-10(2)14-12(16(25)26-3)19-17(27-14)20-15(24)13(23-9-18-21-22-23)11-7-5-4-6-8-11/h4-10,13H,1-3H3,(H,19,20,24)/t13-/m1/s1. The predicted octanol–water partition coefficient (Wildman–Crippen LogP) is 2.27. The molecule has 1 N–H and O–H groups in total. The van der Waals surface area contributed by atoms with Crippen molar-refractivity contribution >= 4 is 28.3 Å². The molecule has 3 aromatic rings. The molecule has 140 valence electrons. The fraction of sp³-hybridized carbons (Fsp3) is 0.294. The van der Waals surface area contributed by atoms with Crippen LogP contribution in [0.5, 0.6) is 0 Å². The second-order valence-corrected chi connectivity index (χ2v) is 7.00. The smallest absolute Gasteiger partial charge is 0.357 e. The summed E-state index contributed by atoms with van der Waals surface area (Å²) in [6, 6.07) is 8.37. The van der Waals surface area contributed by atoms with Crippen molar-refractivity contribution in [1.82, 2.24) is 25.2 Å². The molecule has 27 heavy (non-hydrogen) atoms. The van der Waals surface area contributed by atoms with Crippen LogP contribution >= 0.6 is 11.3 Å². The molecule has 2 aromatic heterocycles. The number of ether oxygens (including phenoxy) is 1. The molecule has 0 aliphatic carbocycles. The van der Waals surface area contributed by atoms with Crippen LogP contribution < -0.4 is 5.32 Å². The summed E-state index contributed by atoms with van der Waals surface area (Å²) in [6.07, 6.45) is 1.37. The molecular weight excluding hydrogens is 368 g/mol. The Hall–Kier alpha value is -3.14. The first kappa shape index (κ1) is 18.6. The van der Waals surface area contributed by atoms with Crippen molar-refractivity contribution in [2.75, 3.05) is 12.4 Å². The van der Waals surface area contributed by atoms with E-state index in [1.54, 1.807) is 0 Å². The minimum absolute atomic E-state index is 0.0617. The van der Waals surface area contributed by atoms with Crippen LogP contribution in [0.4, 0.5) is 5.13 Å². The molecule has 0 fully saturated rings. The van der Waals surface area contributed by atoms with Crippen molar-refractivity contribution < 1.29 is 14.3 Å². The number of anilines is 1. The first-order valence-corrected chi connectivity index (χ1v) is 9.00. The molecule has 0 aliphatic rings. The molecule has 1 amide bonds. The van der Waals surface area contributed by atoms with Crippen molar-refractivity contribution in [2.24, 2.45) is 0 Å². The Labute approximate surface area is 159 Å². The molecular formula is C17H18N6O3S. The maximum atomic E-state index is 13.0. The van der Waals surface area contributed by atoms with E-state index in [2.05, 4.69) is 25.8 Å². The number of carbonyl (C=O) groups excluding carboxylic acids is 2. The molecule has 0 spiro atoms. The average molecular weight is 386 g/mol. The topological polar surface area (TPSA) is 112 Å². The Kier molecular flexibility index (Phi) is 5.55. The maximum absolute atomic E-state index is 13.0. The highest BCUT2D eigenvalue weighted by molar-refractivity contribution is 7.16. The van der Waals surface area contributed by atoms with Crippen LogP contribution in [0.3, 0.4) is 0 Å². The van der Waals surface area contributed by atoms with Crippen LogP contribution in [-0.2, 0) is 9.53 Å². The number of rotatable bonds is 6. The Morgan fingerprint density at radius 1 is 1.22 bits per heavy atom. The van der Waals surface area contributed by atoms with Crippen molar-refractivity contribution in [2.45, 2.75) is 25.8 Å². The second-order valence-electron chi connectivity index (χ2n) is 5.97. The van der Waals surface area contributed by atoms with Crippen molar-refractivity contribution in [3.63, 3.8) is 0 Å². The minimum atomic E-state index is -0.769. The number of hydrogen-bond acceptors (Lipinski definition) is 8. The number of benzene rings is 1. The Balaban J connectivity index is 1.92. The third-order valence-corrected chi connectivity index (χ3v) is 5.05. The van der Waals surface area contributed by atoms with Crippen molar-refractivity contribution in [3.8, 4) is 0 Å². The number of nitrogens with one attached hydrogen (secondary N) is 1. The summed E-state index contributed by atoms with van der Waals surface area (Å²) < 4.78 is 6.15. The maximum Gasteiger partial charge on any atom is 0.357 e. The highest BCUT2D eigenvalue weighted by atomic mass is 32.1. The highest BCUT2D eigenvalue weighted by Gasteiger charge is 2.27. The lowest BCUT2D eigenvalue weighted by atomic mass is 10.1. The van der Waals surface area contributed by atoms with Gasteiger partial charge in [-0.1, -0.05) is 44.2 Å². The molecule has 0 radical (unpaired) electrons. The molecule has 1 aromatic carbocycles. The van der Waals surface area contributed by atoms with Gasteiger partial charge in [-0.3, -0.25) is 10.1 Å². The van der Waals surface area contributed by atoms with Gasteiger partial charge in [-0.25, -0.2) is 14.5 Å². The fourth-order valence-corrected chi connectivity index (χ4v) is 3.50. The second kappa shape index (κ2) is 8.04. The third kappa shape index (κ3) is 4.00. The summed E-state index contributed by atoms with van der Waals surface area (Å²) in [5.41, 5.74) is 0.933. The summed E-state index contributed by atoms with van der Waals surface area (Å²) in [6.45, 7) is 3.89. The number of thiazole rings is 1. The number of esters is 1. The molecule has 0 bridgehead atoms. The molecule has 9 nitrogen and oxygen atoms in total. The van der Waals surface area contributed by atoms with Crippen LogP contribution in [-0.4, -0.2) is 44.2 Å². The molecule has 10 heteroatoms. The van der Waals surface area contributed by atoms with Gasteiger partial charge in [-0.2, -0.15) is 0 Å². The van der Waals surface area contributed by atoms with Gasteiger partial charge in [0, 0.05) is 4.88 Å². The highest BCUT2D eigenvalue weighted by Crippen LogP contribution is 2.31. The molecule has 0 saturated heterocycles. The zero-order chi connectivity index (χ0) is 19.4. The fourth-order valence-electron chi connectivity index (χ4n) is 2.54. The number of tetrazole rings is 1. The average Bonchev–Trinajstić information content (AvgIpc) is 3.32. The number of nitrogens with zero attached hydrogens (tertiary/aromatic N) is 5. The Morgan fingerprint density at radius 3 is 2.56 bits per heavy atom. The molecule has 0 aliphatic heterocycles.